The molecule has 1 rings (SSSR count). The van der Waals surface area contributed by atoms with Gasteiger partial charge >= 0.3 is 0 Å². The molecular formula is C13H25N5O. The van der Waals surface area contributed by atoms with Crippen LogP contribution in [0.3, 0.4) is 0 Å². The molecule has 0 aromatic heterocycles. The van der Waals surface area contributed by atoms with Crippen molar-refractivity contribution in [2.75, 3.05) is 46.8 Å². The molecule has 1 amide bonds. The van der Waals surface area contributed by atoms with E-state index < -0.39 is 0 Å². The summed E-state index contributed by atoms with van der Waals surface area (Å²) in [6.45, 7) is 5.67. The Morgan fingerprint density at radius 1 is 1.16 bits per heavy atom. The van der Waals surface area contributed by atoms with Crippen LogP contribution in [-0.2, 0) is 4.79 Å². The van der Waals surface area contributed by atoms with Crippen LogP contribution in [0.1, 0.15) is 6.92 Å². The quantitative estimate of drug-likeness (QED) is 0.662. The van der Waals surface area contributed by atoms with Crippen molar-refractivity contribution in [3.63, 3.8) is 0 Å². The van der Waals surface area contributed by atoms with Crippen molar-refractivity contribution >= 4 is 5.91 Å². The molecule has 0 aromatic carbocycles. The number of nitrogens with two attached hydrogens (primary N) is 2. The predicted molar refractivity (Wildman–Crippen MR) is 76.9 cm³/mol. The number of carbonyl (C=O) groups excluding carboxylic acids is 1. The Balaban J connectivity index is 2.43. The molecule has 0 aromatic rings. The minimum atomic E-state index is 0.138. The van der Waals surface area contributed by atoms with Crippen LogP contribution in [0, 0.1) is 0 Å². The fourth-order valence-electron chi connectivity index (χ4n) is 1.82. The molecule has 0 saturated carbocycles. The second kappa shape index (κ2) is 7.04. The van der Waals surface area contributed by atoms with E-state index in [1.54, 1.807) is 25.1 Å². The summed E-state index contributed by atoms with van der Waals surface area (Å²) in [5, 5.41) is 0. The van der Waals surface area contributed by atoms with Gasteiger partial charge in [0.25, 0.3) is 0 Å². The molecule has 0 bridgehead atoms. The van der Waals surface area contributed by atoms with E-state index in [2.05, 4.69) is 9.80 Å². The van der Waals surface area contributed by atoms with E-state index in [0.717, 1.165) is 37.7 Å². The van der Waals surface area contributed by atoms with Crippen molar-refractivity contribution in [2.24, 2.45) is 11.5 Å². The van der Waals surface area contributed by atoms with Gasteiger partial charge in [-0.3, -0.25) is 9.69 Å². The zero-order valence-corrected chi connectivity index (χ0v) is 12.1. The third-order valence-electron chi connectivity index (χ3n) is 3.11. The lowest BCUT2D eigenvalue weighted by Crippen LogP contribution is -2.49. The SMILES string of the molecule is C/C(N)=C/C=C(\N)N1CCN(CC(=O)N(C)C)CC1. The van der Waals surface area contributed by atoms with Crippen LogP contribution < -0.4 is 11.5 Å². The number of hydrogen-bond acceptors (Lipinski definition) is 5. The smallest absolute Gasteiger partial charge is 0.236 e. The lowest BCUT2D eigenvalue weighted by Gasteiger charge is -2.36. The van der Waals surface area contributed by atoms with Crippen molar-refractivity contribution in [3.05, 3.63) is 23.7 Å². The van der Waals surface area contributed by atoms with Crippen LogP contribution in [0.2, 0.25) is 0 Å². The molecule has 1 saturated heterocycles. The normalized spacial score (nSPS) is 18.6. The van der Waals surface area contributed by atoms with Gasteiger partial charge in [0.2, 0.25) is 5.91 Å². The Morgan fingerprint density at radius 2 is 1.74 bits per heavy atom. The number of nitrogens with zero attached hydrogens (tertiary/aromatic N) is 3. The van der Waals surface area contributed by atoms with Crippen LogP contribution in [-0.4, -0.2) is 67.4 Å². The van der Waals surface area contributed by atoms with Crippen molar-refractivity contribution in [1.82, 2.24) is 14.7 Å². The highest BCUT2D eigenvalue weighted by molar-refractivity contribution is 5.77. The first-order chi connectivity index (χ1) is 8.90. The van der Waals surface area contributed by atoms with Crippen molar-refractivity contribution < 1.29 is 4.79 Å². The molecule has 108 valence electrons. The number of carbonyl (C=O) groups is 1. The summed E-state index contributed by atoms with van der Waals surface area (Å²) in [6, 6.07) is 0. The van der Waals surface area contributed by atoms with E-state index >= 15 is 0 Å². The standard InChI is InChI=1S/C13H25N5O/c1-11(14)4-5-12(15)18-8-6-17(7-9-18)10-13(19)16(2)3/h4-5H,6-10,14-15H2,1-3H3/b11-4-,12-5+. The van der Waals surface area contributed by atoms with Crippen LogP contribution in [0.25, 0.3) is 0 Å². The van der Waals surface area contributed by atoms with Gasteiger partial charge in [-0.05, 0) is 19.1 Å². The van der Waals surface area contributed by atoms with Crippen molar-refractivity contribution in [3.8, 4) is 0 Å². The average Bonchev–Trinajstić information content (AvgIpc) is 2.36. The zero-order chi connectivity index (χ0) is 14.4. The first-order valence-corrected chi connectivity index (χ1v) is 6.47. The van der Waals surface area contributed by atoms with Gasteiger partial charge in [0, 0.05) is 46.0 Å². The maximum Gasteiger partial charge on any atom is 0.236 e. The van der Waals surface area contributed by atoms with Crippen molar-refractivity contribution in [1.29, 1.82) is 0 Å². The van der Waals surface area contributed by atoms with Gasteiger partial charge in [0.05, 0.1) is 12.4 Å². The largest absolute Gasteiger partial charge is 0.402 e. The number of piperazine rings is 1. The van der Waals surface area contributed by atoms with Gasteiger partial charge in [-0.15, -0.1) is 0 Å². The van der Waals surface area contributed by atoms with Gasteiger partial charge in [0.1, 0.15) is 0 Å². The van der Waals surface area contributed by atoms with Gasteiger partial charge in [-0.2, -0.15) is 0 Å². The topological polar surface area (TPSA) is 78.8 Å². The fraction of sp³-hybridized carbons (Fsp3) is 0.615. The summed E-state index contributed by atoms with van der Waals surface area (Å²) in [5.74, 6) is 0.863. The number of allylic oxidation sites excluding steroid dienone is 3. The van der Waals surface area contributed by atoms with E-state index in [0.29, 0.717) is 6.54 Å². The lowest BCUT2D eigenvalue weighted by molar-refractivity contribution is -0.130. The molecule has 6 nitrogen and oxygen atoms in total. The maximum absolute atomic E-state index is 11.6. The first-order valence-electron chi connectivity index (χ1n) is 6.47. The summed E-state index contributed by atoms with van der Waals surface area (Å²) in [6.07, 6.45) is 3.63. The molecule has 4 N–H and O–H groups in total. The van der Waals surface area contributed by atoms with E-state index in [4.69, 9.17) is 11.5 Å². The molecule has 1 aliphatic rings. The summed E-state index contributed by atoms with van der Waals surface area (Å²) < 4.78 is 0. The molecule has 0 unspecified atom stereocenters. The molecule has 6 heteroatoms. The Kier molecular flexibility index (Phi) is 5.69. The molecular weight excluding hydrogens is 242 g/mol. The average molecular weight is 267 g/mol. The van der Waals surface area contributed by atoms with E-state index in [1.165, 1.54) is 0 Å². The highest BCUT2D eigenvalue weighted by Gasteiger charge is 2.19. The molecule has 0 radical (unpaired) electrons. The van der Waals surface area contributed by atoms with Crippen LogP contribution in [0.4, 0.5) is 0 Å². The lowest BCUT2D eigenvalue weighted by atomic mass is 10.3. The summed E-state index contributed by atoms with van der Waals surface area (Å²) in [4.78, 5) is 17.5. The monoisotopic (exact) mass is 267 g/mol. The fourth-order valence-corrected chi connectivity index (χ4v) is 1.82. The number of rotatable bonds is 4. The number of hydrogen-bond donors (Lipinski definition) is 2. The maximum atomic E-state index is 11.6. The minimum absolute atomic E-state index is 0.138. The van der Waals surface area contributed by atoms with Crippen LogP contribution in [0.15, 0.2) is 23.7 Å². The summed E-state index contributed by atoms with van der Waals surface area (Å²) in [5.41, 5.74) is 12.3. The molecule has 0 atom stereocenters. The van der Waals surface area contributed by atoms with Gasteiger partial charge in [-0.1, -0.05) is 0 Å². The Hall–Kier alpha value is -1.69. The molecule has 1 heterocycles. The van der Waals surface area contributed by atoms with E-state index in [-0.39, 0.29) is 5.91 Å². The Labute approximate surface area is 115 Å². The highest BCUT2D eigenvalue weighted by Crippen LogP contribution is 2.06. The van der Waals surface area contributed by atoms with Crippen molar-refractivity contribution in [2.45, 2.75) is 6.92 Å². The molecule has 1 aliphatic heterocycles. The zero-order valence-electron chi connectivity index (χ0n) is 12.1. The number of amides is 1. The second-order valence-corrected chi connectivity index (χ2v) is 5.05. The van der Waals surface area contributed by atoms with Crippen LogP contribution in [0.5, 0.6) is 0 Å². The van der Waals surface area contributed by atoms with Gasteiger partial charge < -0.3 is 21.3 Å². The third kappa shape index (κ3) is 5.21. The van der Waals surface area contributed by atoms with E-state index in [9.17, 15) is 4.79 Å². The Bertz CT molecular complexity index is 363. The number of likely N-dealkylation sites (N-methyl/N-ethyl adjacent to an activating group) is 1. The summed E-state index contributed by atoms with van der Waals surface area (Å²) in [7, 11) is 3.56. The van der Waals surface area contributed by atoms with Crippen LogP contribution >= 0.6 is 0 Å². The summed E-state index contributed by atoms with van der Waals surface area (Å²) >= 11 is 0. The van der Waals surface area contributed by atoms with Gasteiger partial charge in [-0.25, -0.2) is 0 Å². The first kappa shape index (κ1) is 15.4. The Morgan fingerprint density at radius 3 is 2.21 bits per heavy atom. The highest BCUT2D eigenvalue weighted by atomic mass is 16.2. The molecule has 1 fully saturated rings. The molecule has 19 heavy (non-hydrogen) atoms. The van der Waals surface area contributed by atoms with Gasteiger partial charge in [0.15, 0.2) is 0 Å². The minimum Gasteiger partial charge on any atom is -0.402 e. The molecule has 0 spiro atoms. The predicted octanol–water partition coefficient (Wildman–Crippen LogP) is -0.645. The third-order valence-corrected chi connectivity index (χ3v) is 3.11. The molecule has 0 aliphatic carbocycles. The second-order valence-electron chi connectivity index (χ2n) is 5.05. The van der Waals surface area contributed by atoms with E-state index in [1.807, 2.05) is 13.0 Å².